The van der Waals surface area contributed by atoms with Gasteiger partial charge in [0.1, 0.15) is 12.0 Å². The average molecular weight is 254 g/mol. The first-order valence-electron chi connectivity index (χ1n) is 5.11. The molecule has 0 aliphatic heterocycles. The van der Waals surface area contributed by atoms with Crippen LogP contribution in [0.3, 0.4) is 0 Å². The Bertz CT molecular complexity index is 499. The summed E-state index contributed by atoms with van der Waals surface area (Å²) < 4.78 is 26.1. The van der Waals surface area contributed by atoms with Crippen molar-refractivity contribution in [1.29, 1.82) is 0 Å². The van der Waals surface area contributed by atoms with Crippen molar-refractivity contribution in [3.63, 3.8) is 0 Å². The van der Waals surface area contributed by atoms with Crippen LogP contribution in [-0.2, 0) is 4.79 Å². The molecular weight excluding hydrogens is 242 g/mol. The van der Waals surface area contributed by atoms with Crippen molar-refractivity contribution in [3.8, 4) is 5.95 Å². The van der Waals surface area contributed by atoms with Gasteiger partial charge < -0.3 is 4.79 Å². The Morgan fingerprint density at radius 2 is 1.89 bits per heavy atom. The monoisotopic (exact) mass is 254 g/mol. The quantitative estimate of drug-likeness (QED) is 0.770. The Kier molecular flexibility index (Phi) is 5.04. The third-order valence-electron chi connectivity index (χ3n) is 1.90. The van der Waals surface area contributed by atoms with Crippen molar-refractivity contribution in [2.75, 3.05) is 0 Å². The van der Waals surface area contributed by atoms with Gasteiger partial charge in [0, 0.05) is 18.6 Å². The van der Waals surface area contributed by atoms with Crippen molar-refractivity contribution >= 4 is 6.29 Å². The van der Waals surface area contributed by atoms with Gasteiger partial charge in [0.25, 0.3) is 6.43 Å². The second kappa shape index (κ2) is 6.53. The topological polar surface area (TPSA) is 60.7 Å². The Balaban J connectivity index is 0.000000492. The molecule has 0 bridgehead atoms. The van der Waals surface area contributed by atoms with Crippen LogP contribution in [0.15, 0.2) is 24.7 Å². The number of halogens is 2. The van der Waals surface area contributed by atoms with Crippen LogP contribution in [0.2, 0.25) is 0 Å². The third kappa shape index (κ3) is 3.41. The number of aromatic nitrogens is 4. The summed E-state index contributed by atoms with van der Waals surface area (Å²) in [5, 5.41) is 3.72. The molecule has 0 aromatic carbocycles. The zero-order valence-electron chi connectivity index (χ0n) is 9.92. The molecule has 0 aliphatic rings. The van der Waals surface area contributed by atoms with Crippen LogP contribution < -0.4 is 0 Å². The van der Waals surface area contributed by atoms with Gasteiger partial charge in [0.2, 0.25) is 5.95 Å². The maximum atomic E-state index is 12.4. The lowest BCUT2D eigenvalue weighted by molar-refractivity contribution is -0.106. The van der Waals surface area contributed by atoms with Gasteiger partial charge in [-0.1, -0.05) is 0 Å². The van der Waals surface area contributed by atoms with Gasteiger partial charge in [0.05, 0.1) is 0 Å². The number of aryl methyl sites for hydroxylation is 1. The van der Waals surface area contributed by atoms with E-state index in [2.05, 4.69) is 15.1 Å². The van der Waals surface area contributed by atoms with E-state index in [0.29, 0.717) is 5.56 Å². The van der Waals surface area contributed by atoms with Gasteiger partial charge in [-0.3, -0.25) is 0 Å². The van der Waals surface area contributed by atoms with Gasteiger partial charge in [-0.15, -0.1) is 0 Å². The first-order chi connectivity index (χ1) is 8.60. The minimum atomic E-state index is -2.57. The molecule has 0 fully saturated rings. The molecule has 0 saturated heterocycles. The molecule has 2 rings (SSSR count). The van der Waals surface area contributed by atoms with Gasteiger partial charge >= 0.3 is 0 Å². The van der Waals surface area contributed by atoms with Gasteiger partial charge in [-0.25, -0.2) is 23.4 Å². The predicted octanol–water partition coefficient (Wildman–Crippen LogP) is 2.11. The molecule has 0 aliphatic carbocycles. The molecule has 18 heavy (non-hydrogen) atoms. The smallest absolute Gasteiger partial charge is 0.282 e. The first-order valence-corrected chi connectivity index (χ1v) is 5.11. The normalized spacial score (nSPS) is 9.83. The van der Waals surface area contributed by atoms with E-state index >= 15 is 0 Å². The Morgan fingerprint density at radius 3 is 2.33 bits per heavy atom. The van der Waals surface area contributed by atoms with Crippen LogP contribution in [0.1, 0.15) is 24.6 Å². The summed E-state index contributed by atoms with van der Waals surface area (Å²) in [7, 11) is 0. The van der Waals surface area contributed by atoms with Crippen LogP contribution >= 0.6 is 0 Å². The first kappa shape index (κ1) is 13.9. The summed E-state index contributed by atoms with van der Waals surface area (Å²) in [4.78, 5) is 16.6. The molecule has 0 spiro atoms. The Morgan fingerprint density at radius 1 is 1.33 bits per heavy atom. The second-order valence-corrected chi connectivity index (χ2v) is 3.23. The summed E-state index contributed by atoms with van der Waals surface area (Å²) in [6, 6.07) is 1.65. The van der Waals surface area contributed by atoms with Crippen molar-refractivity contribution < 1.29 is 13.6 Å². The van der Waals surface area contributed by atoms with E-state index in [9.17, 15) is 8.78 Å². The molecule has 2 heterocycles. The van der Waals surface area contributed by atoms with E-state index < -0.39 is 6.43 Å². The fraction of sp³-hybridized carbons (Fsp3) is 0.273. The number of hydrogen-bond acceptors (Lipinski definition) is 4. The van der Waals surface area contributed by atoms with Crippen LogP contribution in [0.4, 0.5) is 8.78 Å². The number of carbonyl (C=O) groups excluding carboxylic acids is 1. The molecule has 2 aromatic rings. The molecule has 0 N–H and O–H groups in total. The van der Waals surface area contributed by atoms with E-state index in [1.807, 2.05) is 0 Å². The SMILES string of the molecule is CC=O.Cc1cn(-c2ncccn2)nc1C(F)F. The molecule has 7 heteroatoms. The van der Waals surface area contributed by atoms with Crippen LogP contribution in [0, 0.1) is 6.92 Å². The number of rotatable bonds is 2. The molecule has 0 radical (unpaired) electrons. The number of hydrogen-bond donors (Lipinski definition) is 0. The zero-order valence-corrected chi connectivity index (χ0v) is 9.92. The highest BCUT2D eigenvalue weighted by atomic mass is 19.3. The minimum Gasteiger partial charge on any atom is -0.304 e. The number of carbonyl (C=O) groups is 1. The largest absolute Gasteiger partial charge is 0.304 e. The molecular formula is C11H12F2N4O. The molecule has 2 aromatic heterocycles. The van der Waals surface area contributed by atoms with Crippen LogP contribution in [-0.4, -0.2) is 26.0 Å². The Hall–Kier alpha value is -2.18. The van der Waals surface area contributed by atoms with Crippen molar-refractivity contribution in [1.82, 2.24) is 19.7 Å². The van der Waals surface area contributed by atoms with Crippen LogP contribution in [0.5, 0.6) is 0 Å². The van der Waals surface area contributed by atoms with Crippen LogP contribution in [0.25, 0.3) is 5.95 Å². The standard InChI is InChI=1S/C9H8F2N4.C2H4O/c1-6-5-15(14-7(6)8(10)11)9-12-3-2-4-13-9;1-2-3/h2-5,8H,1H3;2H,1H3. The highest BCUT2D eigenvalue weighted by molar-refractivity contribution is 5.44. The Labute approximate surface area is 102 Å². The van der Waals surface area contributed by atoms with Crippen molar-refractivity contribution in [2.45, 2.75) is 20.3 Å². The number of alkyl halides is 2. The molecule has 0 atom stereocenters. The van der Waals surface area contributed by atoms with Gasteiger partial charge in [0.15, 0.2) is 0 Å². The lowest BCUT2D eigenvalue weighted by atomic mass is 10.3. The minimum absolute atomic E-state index is 0.234. The maximum Gasteiger partial charge on any atom is 0.282 e. The lowest BCUT2D eigenvalue weighted by Gasteiger charge is -1.96. The van der Waals surface area contributed by atoms with E-state index in [1.54, 1.807) is 13.0 Å². The fourth-order valence-electron chi connectivity index (χ4n) is 1.20. The second-order valence-electron chi connectivity index (χ2n) is 3.23. The number of aldehydes is 1. The highest BCUT2D eigenvalue weighted by Crippen LogP contribution is 2.20. The average Bonchev–Trinajstić information content (AvgIpc) is 2.74. The molecule has 0 unspecified atom stereocenters. The van der Waals surface area contributed by atoms with E-state index in [0.717, 1.165) is 6.29 Å². The summed E-state index contributed by atoms with van der Waals surface area (Å²) in [5.74, 6) is 0.285. The molecule has 96 valence electrons. The molecule has 0 amide bonds. The lowest BCUT2D eigenvalue weighted by Crippen LogP contribution is -2.01. The summed E-state index contributed by atoms with van der Waals surface area (Å²) >= 11 is 0. The van der Waals surface area contributed by atoms with E-state index in [4.69, 9.17) is 4.79 Å². The summed E-state index contributed by atoms with van der Waals surface area (Å²) in [5.41, 5.74) is 0.194. The number of nitrogens with zero attached hydrogens (tertiary/aromatic N) is 4. The van der Waals surface area contributed by atoms with Gasteiger partial charge in [-0.05, 0) is 25.5 Å². The maximum absolute atomic E-state index is 12.4. The molecule has 0 saturated carbocycles. The summed E-state index contributed by atoms with van der Waals surface area (Å²) in [6.07, 6.45) is 2.72. The predicted molar refractivity (Wildman–Crippen MR) is 60.6 cm³/mol. The van der Waals surface area contributed by atoms with E-state index in [-0.39, 0.29) is 11.6 Å². The molecule has 5 nitrogen and oxygen atoms in total. The van der Waals surface area contributed by atoms with Crippen molar-refractivity contribution in [2.24, 2.45) is 0 Å². The summed E-state index contributed by atoms with van der Waals surface area (Å²) in [6.45, 7) is 3.02. The van der Waals surface area contributed by atoms with E-state index in [1.165, 1.54) is 30.2 Å². The highest BCUT2D eigenvalue weighted by Gasteiger charge is 2.16. The zero-order chi connectivity index (χ0) is 13.5. The fourth-order valence-corrected chi connectivity index (χ4v) is 1.20. The van der Waals surface area contributed by atoms with Crippen molar-refractivity contribution in [3.05, 3.63) is 35.9 Å². The van der Waals surface area contributed by atoms with Gasteiger partial charge in [-0.2, -0.15) is 5.10 Å². The third-order valence-corrected chi connectivity index (χ3v) is 1.90.